The number of hydrogen-bond acceptors (Lipinski definition) is 2. The standard InChI is InChI=1S/C12H28N2/c1-4-7-8-9-12(11-13)14(6-3)10-5-2/h12H,4-11,13H2,1-3H3. The van der Waals surface area contributed by atoms with E-state index in [2.05, 4.69) is 25.7 Å². The highest BCUT2D eigenvalue weighted by Crippen LogP contribution is 2.09. The van der Waals surface area contributed by atoms with Gasteiger partial charge in [-0.25, -0.2) is 0 Å². The average Bonchev–Trinajstić information content (AvgIpc) is 2.22. The Morgan fingerprint density at radius 2 is 1.79 bits per heavy atom. The molecule has 0 bridgehead atoms. The van der Waals surface area contributed by atoms with Gasteiger partial charge in [0.15, 0.2) is 0 Å². The molecular formula is C12H28N2. The van der Waals surface area contributed by atoms with E-state index >= 15 is 0 Å². The van der Waals surface area contributed by atoms with Gasteiger partial charge in [0.25, 0.3) is 0 Å². The highest BCUT2D eigenvalue weighted by atomic mass is 15.2. The van der Waals surface area contributed by atoms with Gasteiger partial charge in [0, 0.05) is 12.6 Å². The van der Waals surface area contributed by atoms with Crippen LogP contribution in [0.4, 0.5) is 0 Å². The first kappa shape index (κ1) is 13.9. The van der Waals surface area contributed by atoms with E-state index in [-0.39, 0.29) is 0 Å². The third-order valence-corrected chi connectivity index (χ3v) is 2.85. The number of likely N-dealkylation sites (N-methyl/N-ethyl adjacent to an activating group) is 1. The van der Waals surface area contributed by atoms with Gasteiger partial charge in [-0.3, -0.25) is 4.90 Å². The molecule has 2 heteroatoms. The Bertz CT molecular complexity index is 115. The maximum atomic E-state index is 5.82. The van der Waals surface area contributed by atoms with E-state index in [1.54, 1.807) is 0 Å². The van der Waals surface area contributed by atoms with Gasteiger partial charge in [-0.2, -0.15) is 0 Å². The van der Waals surface area contributed by atoms with Gasteiger partial charge in [0.1, 0.15) is 0 Å². The van der Waals surface area contributed by atoms with Crippen molar-refractivity contribution in [2.24, 2.45) is 5.73 Å². The van der Waals surface area contributed by atoms with E-state index in [0.29, 0.717) is 6.04 Å². The summed E-state index contributed by atoms with van der Waals surface area (Å²) in [6, 6.07) is 0.617. The minimum absolute atomic E-state index is 0.617. The third kappa shape index (κ3) is 5.61. The first-order chi connectivity index (χ1) is 6.79. The fraction of sp³-hybridized carbons (Fsp3) is 1.00. The Hall–Kier alpha value is -0.0800. The topological polar surface area (TPSA) is 29.3 Å². The van der Waals surface area contributed by atoms with Crippen molar-refractivity contribution >= 4 is 0 Å². The number of rotatable bonds is 9. The molecule has 0 fully saturated rings. The summed E-state index contributed by atoms with van der Waals surface area (Å²) in [5.74, 6) is 0. The van der Waals surface area contributed by atoms with Crippen LogP contribution in [0.1, 0.15) is 52.9 Å². The molecule has 0 aliphatic carbocycles. The van der Waals surface area contributed by atoms with Crippen LogP contribution >= 0.6 is 0 Å². The first-order valence-corrected chi connectivity index (χ1v) is 6.24. The number of unbranched alkanes of at least 4 members (excludes halogenated alkanes) is 2. The van der Waals surface area contributed by atoms with E-state index in [9.17, 15) is 0 Å². The second kappa shape index (κ2) is 9.47. The highest BCUT2D eigenvalue weighted by Gasteiger charge is 2.13. The Labute approximate surface area is 89.9 Å². The molecule has 0 heterocycles. The van der Waals surface area contributed by atoms with Crippen LogP contribution < -0.4 is 5.73 Å². The van der Waals surface area contributed by atoms with Crippen molar-refractivity contribution in [2.45, 2.75) is 58.9 Å². The predicted molar refractivity (Wildman–Crippen MR) is 64.5 cm³/mol. The summed E-state index contributed by atoms with van der Waals surface area (Å²) in [5.41, 5.74) is 5.82. The number of nitrogens with two attached hydrogens (primary N) is 1. The van der Waals surface area contributed by atoms with E-state index in [4.69, 9.17) is 5.73 Å². The molecule has 0 amide bonds. The van der Waals surface area contributed by atoms with Crippen molar-refractivity contribution in [3.05, 3.63) is 0 Å². The molecule has 0 saturated heterocycles. The fourth-order valence-corrected chi connectivity index (χ4v) is 1.97. The summed E-state index contributed by atoms with van der Waals surface area (Å²) in [4.78, 5) is 2.52. The second-order valence-electron chi connectivity index (χ2n) is 4.01. The van der Waals surface area contributed by atoms with Crippen LogP contribution in [0.25, 0.3) is 0 Å². The van der Waals surface area contributed by atoms with Crippen molar-refractivity contribution in [1.29, 1.82) is 0 Å². The van der Waals surface area contributed by atoms with Crippen molar-refractivity contribution in [2.75, 3.05) is 19.6 Å². The lowest BCUT2D eigenvalue weighted by atomic mass is 10.1. The van der Waals surface area contributed by atoms with Gasteiger partial charge < -0.3 is 5.73 Å². The largest absolute Gasteiger partial charge is 0.329 e. The van der Waals surface area contributed by atoms with E-state index in [0.717, 1.165) is 13.1 Å². The molecule has 1 atom stereocenters. The Morgan fingerprint density at radius 1 is 1.07 bits per heavy atom. The molecule has 14 heavy (non-hydrogen) atoms. The maximum absolute atomic E-state index is 5.82. The summed E-state index contributed by atoms with van der Waals surface area (Å²) >= 11 is 0. The molecule has 0 aliphatic rings. The maximum Gasteiger partial charge on any atom is 0.0218 e. The molecule has 0 radical (unpaired) electrons. The smallest absolute Gasteiger partial charge is 0.0218 e. The van der Waals surface area contributed by atoms with Crippen molar-refractivity contribution < 1.29 is 0 Å². The average molecular weight is 200 g/mol. The zero-order chi connectivity index (χ0) is 10.8. The van der Waals surface area contributed by atoms with Crippen molar-refractivity contribution in [1.82, 2.24) is 4.90 Å². The van der Waals surface area contributed by atoms with E-state index in [1.165, 1.54) is 38.6 Å². The van der Waals surface area contributed by atoms with Crippen LogP contribution in [0.2, 0.25) is 0 Å². The van der Waals surface area contributed by atoms with Crippen molar-refractivity contribution in [3.63, 3.8) is 0 Å². The summed E-state index contributed by atoms with van der Waals surface area (Å²) < 4.78 is 0. The molecule has 0 aromatic heterocycles. The minimum atomic E-state index is 0.617. The molecule has 0 aromatic rings. The monoisotopic (exact) mass is 200 g/mol. The van der Waals surface area contributed by atoms with Gasteiger partial charge in [0.2, 0.25) is 0 Å². The molecule has 86 valence electrons. The SMILES string of the molecule is CCCCCC(CN)N(CC)CCC. The lowest BCUT2D eigenvalue weighted by Gasteiger charge is -2.29. The molecule has 0 saturated carbocycles. The molecule has 0 spiro atoms. The van der Waals surface area contributed by atoms with Crippen LogP contribution in [0.3, 0.4) is 0 Å². The first-order valence-electron chi connectivity index (χ1n) is 6.24. The predicted octanol–water partition coefficient (Wildman–Crippen LogP) is 2.63. The minimum Gasteiger partial charge on any atom is -0.329 e. The Kier molecular flexibility index (Phi) is 9.42. The van der Waals surface area contributed by atoms with E-state index < -0.39 is 0 Å². The zero-order valence-corrected chi connectivity index (χ0v) is 10.3. The van der Waals surface area contributed by atoms with E-state index in [1.807, 2.05) is 0 Å². The lowest BCUT2D eigenvalue weighted by molar-refractivity contribution is 0.197. The Morgan fingerprint density at radius 3 is 2.21 bits per heavy atom. The summed E-state index contributed by atoms with van der Waals surface area (Å²) in [7, 11) is 0. The number of hydrogen-bond donors (Lipinski definition) is 1. The normalized spacial score (nSPS) is 13.5. The summed E-state index contributed by atoms with van der Waals surface area (Å²) in [5, 5.41) is 0. The lowest BCUT2D eigenvalue weighted by Crippen LogP contribution is -2.40. The fourth-order valence-electron chi connectivity index (χ4n) is 1.97. The van der Waals surface area contributed by atoms with Gasteiger partial charge in [-0.05, 0) is 25.9 Å². The van der Waals surface area contributed by atoms with Crippen LogP contribution in [-0.2, 0) is 0 Å². The molecule has 1 unspecified atom stereocenters. The van der Waals surface area contributed by atoms with Gasteiger partial charge in [-0.1, -0.05) is 40.0 Å². The molecule has 2 N–H and O–H groups in total. The van der Waals surface area contributed by atoms with Crippen LogP contribution in [0.5, 0.6) is 0 Å². The van der Waals surface area contributed by atoms with Crippen LogP contribution in [-0.4, -0.2) is 30.6 Å². The Balaban J connectivity index is 3.81. The molecule has 0 aliphatic heterocycles. The third-order valence-electron chi connectivity index (χ3n) is 2.85. The summed E-state index contributed by atoms with van der Waals surface area (Å²) in [6.45, 7) is 9.88. The molecule has 2 nitrogen and oxygen atoms in total. The number of nitrogens with zero attached hydrogens (tertiary/aromatic N) is 1. The van der Waals surface area contributed by atoms with Gasteiger partial charge in [-0.15, -0.1) is 0 Å². The van der Waals surface area contributed by atoms with Crippen LogP contribution in [0, 0.1) is 0 Å². The summed E-state index contributed by atoms with van der Waals surface area (Å²) in [6.07, 6.45) is 6.49. The second-order valence-corrected chi connectivity index (χ2v) is 4.01. The van der Waals surface area contributed by atoms with Gasteiger partial charge in [0.05, 0.1) is 0 Å². The molecular weight excluding hydrogens is 172 g/mol. The highest BCUT2D eigenvalue weighted by molar-refractivity contribution is 4.71. The zero-order valence-electron chi connectivity index (χ0n) is 10.3. The quantitative estimate of drug-likeness (QED) is 0.580. The molecule has 0 aromatic carbocycles. The molecule has 0 rings (SSSR count). The van der Waals surface area contributed by atoms with Crippen molar-refractivity contribution in [3.8, 4) is 0 Å². The van der Waals surface area contributed by atoms with Gasteiger partial charge >= 0.3 is 0 Å². The van der Waals surface area contributed by atoms with Crippen LogP contribution in [0.15, 0.2) is 0 Å².